The summed E-state index contributed by atoms with van der Waals surface area (Å²) < 4.78 is 34.9. The minimum atomic E-state index is -4.44. The molecule has 0 heterocycles. The van der Waals surface area contributed by atoms with E-state index in [1.54, 1.807) is 0 Å². The highest BCUT2D eigenvalue weighted by Crippen LogP contribution is 2.33. The van der Waals surface area contributed by atoms with E-state index in [4.69, 9.17) is 4.55 Å². The van der Waals surface area contributed by atoms with Gasteiger partial charge in [-0.25, -0.2) is 4.18 Å². The van der Waals surface area contributed by atoms with Crippen molar-refractivity contribution < 1.29 is 17.2 Å². The second-order valence-electron chi connectivity index (χ2n) is 8.08. The molecule has 0 unspecified atom stereocenters. The van der Waals surface area contributed by atoms with Gasteiger partial charge in [0.15, 0.2) is 0 Å². The highest BCUT2D eigenvalue weighted by atomic mass is 32.3. The van der Waals surface area contributed by atoms with Gasteiger partial charge in [-0.2, -0.15) is 8.42 Å². The summed E-state index contributed by atoms with van der Waals surface area (Å²) in [4.78, 5) is 0. The lowest BCUT2D eigenvalue weighted by molar-refractivity contribution is 0.259. The Labute approximate surface area is 195 Å². The fraction of sp³-hybridized carbons (Fsp3) is 0.385. The minimum Gasteiger partial charge on any atom is -0.264 e. The van der Waals surface area contributed by atoms with E-state index in [1.165, 1.54) is 59.1 Å². The van der Waals surface area contributed by atoms with Gasteiger partial charge >= 0.3 is 10.4 Å². The van der Waals surface area contributed by atoms with Crippen molar-refractivity contribution in [3.63, 3.8) is 0 Å². The topological polar surface area (TPSA) is 63.6 Å². The van der Waals surface area contributed by atoms with Gasteiger partial charge in [0.05, 0.1) is 6.61 Å². The van der Waals surface area contributed by atoms with Gasteiger partial charge in [-0.1, -0.05) is 87.4 Å². The average Bonchev–Trinajstić information content (AvgIpc) is 2.79. The van der Waals surface area contributed by atoms with Crippen LogP contribution in [0.15, 0.2) is 60.7 Å². The van der Waals surface area contributed by atoms with Crippen molar-refractivity contribution in [1.29, 1.82) is 0 Å². The van der Waals surface area contributed by atoms with Crippen LogP contribution < -0.4 is 0 Å². The second-order valence-corrected chi connectivity index (χ2v) is 11.5. The number of hydrogen-bond acceptors (Lipinski definition) is 3. The molecule has 3 aromatic rings. The van der Waals surface area contributed by atoms with Crippen LogP contribution in [0.3, 0.4) is 0 Å². The Balaban J connectivity index is 1.93. The summed E-state index contributed by atoms with van der Waals surface area (Å²) in [6.45, 7) is 4.35. The Morgan fingerprint density at radius 1 is 0.875 bits per heavy atom. The quantitative estimate of drug-likeness (QED) is 0.239. The molecule has 0 saturated heterocycles. The monoisotopic (exact) mass is 473 g/mol. The van der Waals surface area contributed by atoms with Crippen molar-refractivity contribution in [3.05, 3.63) is 71.8 Å². The predicted octanol–water partition coefficient (Wildman–Crippen LogP) is 6.54. The van der Waals surface area contributed by atoms with Crippen molar-refractivity contribution in [3.8, 4) is 11.1 Å². The lowest BCUT2D eigenvalue weighted by atomic mass is 9.94. The van der Waals surface area contributed by atoms with E-state index in [0.717, 1.165) is 11.3 Å². The molecule has 0 aromatic heterocycles. The highest BCUT2D eigenvalue weighted by Gasteiger charge is 2.20. The van der Waals surface area contributed by atoms with E-state index < -0.39 is 10.4 Å². The van der Waals surface area contributed by atoms with Crippen molar-refractivity contribution in [2.45, 2.75) is 51.9 Å². The zero-order chi connectivity index (χ0) is 23.0. The number of unbranched alkanes of at least 4 members (excludes halogenated alkanes) is 2. The van der Waals surface area contributed by atoms with Crippen LogP contribution in [0.2, 0.25) is 0 Å². The molecule has 172 valence electrons. The first-order valence-electron chi connectivity index (χ1n) is 11.3. The van der Waals surface area contributed by atoms with Gasteiger partial charge in [-0.05, 0) is 51.2 Å². The summed E-state index contributed by atoms with van der Waals surface area (Å²) in [6, 6.07) is 20.7. The zero-order valence-electron chi connectivity index (χ0n) is 18.9. The first kappa shape index (κ1) is 24.8. The lowest BCUT2D eigenvalue weighted by Gasteiger charge is -2.14. The normalized spacial score (nSPS) is 12.0. The largest absolute Gasteiger partial charge is 0.397 e. The van der Waals surface area contributed by atoms with Gasteiger partial charge < -0.3 is 0 Å². The third kappa shape index (κ3) is 7.07. The molecule has 1 N–H and O–H groups in total. The van der Waals surface area contributed by atoms with E-state index in [0.29, 0.717) is 16.5 Å². The van der Waals surface area contributed by atoms with Crippen molar-refractivity contribution in [1.82, 2.24) is 0 Å². The molecule has 0 aliphatic carbocycles. The smallest absolute Gasteiger partial charge is 0.264 e. The van der Waals surface area contributed by atoms with E-state index in [9.17, 15) is 8.42 Å². The molecule has 3 aromatic carbocycles. The third-order valence-corrected chi connectivity index (χ3v) is 8.43. The molecule has 0 radical (unpaired) electrons. The van der Waals surface area contributed by atoms with Crippen LogP contribution in [-0.4, -0.2) is 24.5 Å². The van der Waals surface area contributed by atoms with Crippen LogP contribution in [0.5, 0.6) is 0 Å². The third-order valence-electron chi connectivity index (χ3n) is 5.56. The Bertz CT molecular complexity index is 1100. The Morgan fingerprint density at radius 2 is 1.50 bits per heavy atom. The average molecular weight is 474 g/mol. The maximum Gasteiger partial charge on any atom is 0.397 e. The SMILES string of the molecule is CCCC[S+](CCCC)Cc1cccc2cccc(-c3ccc(COS(=O)(=O)O)cc3)c12. The number of fused-ring (bicyclic) bond motifs is 1. The van der Waals surface area contributed by atoms with E-state index in [1.807, 2.05) is 24.3 Å². The molecule has 0 aliphatic rings. The van der Waals surface area contributed by atoms with Gasteiger partial charge in [0.2, 0.25) is 0 Å². The van der Waals surface area contributed by atoms with E-state index in [2.05, 4.69) is 54.4 Å². The van der Waals surface area contributed by atoms with Crippen LogP contribution in [0, 0.1) is 0 Å². The standard InChI is InChI=1S/C26H32O4S2/c1-3-5-17-31(18-6-4-2)20-24-11-7-9-23-10-8-12-25(26(23)24)22-15-13-21(14-16-22)19-30-32(27,28)29/h7-16H,3-6,17-20H2,1-2H3/p+1. The molecule has 0 fully saturated rings. The fourth-order valence-corrected chi connectivity index (χ4v) is 6.72. The first-order chi connectivity index (χ1) is 15.4. The Kier molecular flexibility index (Phi) is 9.17. The summed E-state index contributed by atoms with van der Waals surface area (Å²) in [7, 11) is -4.05. The maximum atomic E-state index is 10.8. The summed E-state index contributed by atoms with van der Waals surface area (Å²) in [6.07, 6.45) is 5.06. The summed E-state index contributed by atoms with van der Waals surface area (Å²) in [5.74, 6) is 3.73. The molecule has 0 spiro atoms. The van der Waals surface area contributed by atoms with Gasteiger partial charge in [-0.15, -0.1) is 0 Å². The molecular formula is C26H33O4S2+. The molecule has 32 heavy (non-hydrogen) atoms. The molecule has 0 atom stereocenters. The van der Waals surface area contributed by atoms with Gasteiger partial charge in [0.25, 0.3) is 0 Å². The molecule has 0 bridgehead atoms. The fourth-order valence-electron chi connectivity index (χ4n) is 3.87. The summed E-state index contributed by atoms with van der Waals surface area (Å²) >= 11 is 0. The number of rotatable bonds is 12. The molecule has 0 amide bonds. The first-order valence-corrected chi connectivity index (χ1v) is 14.4. The molecule has 6 heteroatoms. The van der Waals surface area contributed by atoms with Crippen LogP contribution >= 0.6 is 0 Å². The van der Waals surface area contributed by atoms with Crippen molar-refractivity contribution >= 4 is 32.1 Å². The lowest BCUT2D eigenvalue weighted by Crippen LogP contribution is -2.15. The predicted molar refractivity (Wildman–Crippen MR) is 136 cm³/mol. The maximum absolute atomic E-state index is 10.8. The summed E-state index contributed by atoms with van der Waals surface area (Å²) in [5, 5.41) is 2.55. The molecule has 0 aliphatic heterocycles. The van der Waals surface area contributed by atoms with E-state index >= 15 is 0 Å². The van der Waals surface area contributed by atoms with Crippen molar-refractivity contribution in [2.75, 3.05) is 11.5 Å². The van der Waals surface area contributed by atoms with Crippen molar-refractivity contribution in [2.24, 2.45) is 0 Å². The molecule has 4 nitrogen and oxygen atoms in total. The molecular weight excluding hydrogens is 440 g/mol. The van der Waals surface area contributed by atoms with Gasteiger partial charge in [-0.3, -0.25) is 4.55 Å². The van der Waals surface area contributed by atoms with Crippen LogP contribution in [0.1, 0.15) is 50.7 Å². The second kappa shape index (κ2) is 11.8. The van der Waals surface area contributed by atoms with Gasteiger partial charge in [0.1, 0.15) is 17.3 Å². The van der Waals surface area contributed by atoms with Gasteiger partial charge in [0, 0.05) is 5.56 Å². The Morgan fingerprint density at radius 3 is 2.09 bits per heavy atom. The molecule has 0 saturated carbocycles. The van der Waals surface area contributed by atoms with Crippen LogP contribution in [0.4, 0.5) is 0 Å². The highest BCUT2D eigenvalue weighted by molar-refractivity contribution is 7.96. The van der Waals surface area contributed by atoms with E-state index in [-0.39, 0.29) is 6.61 Å². The van der Waals surface area contributed by atoms with Crippen LogP contribution in [0.25, 0.3) is 21.9 Å². The zero-order valence-corrected chi connectivity index (χ0v) is 20.6. The minimum absolute atomic E-state index is 0.183. The Hall–Kier alpha value is -1.86. The number of benzene rings is 3. The molecule has 3 rings (SSSR count). The number of hydrogen-bond donors (Lipinski definition) is 1. The van der Waals surface area contributed by atoms with Crippen LogP contribution in [-0.2, 0) is 37.8 Å². The summed E-state index contributed by atoms with van der Waals surface area (Å²) in [5.41, 5.74) is 4.37.